The molecule has 3 N–H and O–H groups in total. The molecular weight excluding hydrogens is 260 g/mol. The van der Waals surface area contributed by atoms with Crippen molar-refractivity contribution in [1.82, 2.24) is 5.43 Å². The summed E-state index contributed by atoms with van der Waals surface area (Å²) in [4.78, 5) is 0. The second-order valence-corrected chi connectivity index (χ2v) is 5.67. The molecule has 112 valence electrons. The zero-order valence-corrected chi connectivity index (χ0v) is 13.2. The number of ether oxygens (including phenoxy) is 1. The molecule has 1 unspecified atom stereocenters. The van der Waals surface area contributed by atoms with E-state index in [1.165, 1.54) is 11.1 Å². The van der Waals surface area contributed by atoms with E-state index in [2.05, 4.69) is 62.6 Å². The van der Waals surface area contributed by atoms with Gasteiger partial charge in [-0.1, -0.05) is 50.2 Å². The predicted octanol–water partition coefficient (Wildman–Crippen LogP) is 3.68. The molecule has 0 radical (unpaired) electrons. The van der Waals surface area contributed by atoms with Crippen molar-refractivity contribution in [3.63, 3.8) is 0 Å². The van der Waals surface area contributed by atoms with Crippen LogP contribution in [0.5, 0.6) is 5.75 Å². The lowest BCUT2D eigenvalue weighted by Crippen LogP contribution is -2.29. The highest BCUT2D eigenvalue weighted by molar-refractivity contribution is 5.44. The Morgan fingerprint density at radius 2 is 1.62 bits per heavy atom. The molecule has 3 nitrogen and oxygen atoms in total. The molecule has 0 aliphatic carbocycles. The lowest BCUT2D eigenvalue weighted by molar-refractivity contribution is 0.404. The maximum absolute atomic E-state index is 5.79. The second-order valence-electron chi connectivity index (χ2n) is 5.67. The molecule has 0 amide bonds. The summed E-state index contributed by atoms with van der Waals surface area (Å²) in [5.74, 6) is 7.17. The smallest absolute Gasteiger partial charge is 0.124 e. The maximum atomic E-state index is 5.79. The molecule has 0 fully saturated rings. The van der Waals surface area contributed by atoms with Gasteiger partial charge in [-0.2, -0.15) is 0 Å². The zero-order valence-electron chi connectivity index (χ0n) is 13.2. The van der Waals surface area contributed by atoms with Gasteiger partial charge in [0.05, 0.1) is 13.2 Å². The molecule has 0 aliphatic rings. The van der Waals surface area contributed by atoms with E-state index >= 15 is 0 Å². The summed E-state index contributed by atoms with van der Waals surface area (Å²) in [6.45, 7) is 6.43. The fraction of sp³-hybridized carbons (Fsp3) is 0.333. The number of nitrogens with one attached hydrogen (secondary N) is 1. The molecule has 2 rings (SSSR count). The minimum Gasteiger partial charge on any atom is -0.496 e. The van der Waals surface area contributed by atoms with Gasteiger partial charge >= 0.3 is 0 Å². The summed E-state index contributed by atoms with van der Waals surface area (Å²) in [7, 11) is 1.69. The minimum absolute atomic E-state index is 0.0817. The largest absolute Gasteiger partial charge is 0.496 e. The van der Waals surface area contributed by atoms with Crippen LogP contribution in [0.2, 0.25) is 0 Å². The van der Waals surface area contributed by atoms with Crippen LogP contribution in [0, 0.1) is 6.92 Å². The summed E-state index contributed by atoms with van der Waals surface area (Å²) in [6, 6.07) is 14.7. The van der Waals surface area contributed by atoms with Crippen molar-refractivity contribution in [2.75, 3.05) is 7.11 Å². The molecule has 1 atom stereocenters. The van der Waals surface area contributed by atoms with Gasteiger partial charge in [-0.25, -0.2) is 5.43 Å². The molecule has 0 saturated heterocycles. The van der Waals surface area contributed by atoms with E-state index < -0.39 is 0 Å². The van der Waals surface area contributed by atoms with E-state index in [4.69, 9.17) is 10.6 Å². The van der Waals surface area contributed by atoms with Gasteiger partial charge in [0.1, 0.15) is 5.75 Å². The Hall–Kier alpha value is -1.84. The predicted molar refractivity (Wildman–Crippen MR) is 87.4 cm³/mol. The first kappa shape index (κ1) is 15.5. The van der Waals surface area contributed by atoms with E-state index in [1.54, 1.807) is 7.11 Å². The van der Waals surface area contributed by atoms with Gasteiger partial charge in [0, 0.05) is 5.56 Å². The van der Waals surface area contributed by atoms with Crippen molar-refractivity contribution in [2.45, 2.75) is 32.7 Å². The van der Waals surface area contributed by atoms with Gasteiger partial charge in [0.15, 0.2) is 0 Å². The van der Waals surface area contributed by atoms with Crippen molar-refractivity contribution in [2.24, 2.45) is 5.84 Å². The van der Waals surface area contributed by atoms with Gasteiger partial charge in [-0.15, -0.1) is 0 Å². The molecule has 0 spiro atoms. The Morgan fingerprint density at radius 1 is 1.00 bits per heavy atom. The lowest BCUT2D eigenvalue weighted by Gasteiger charge is -2.20. The SMILES string of the molecule is COc1cc(C)ccc1C(NN)c1ccc(C(C)C)cc1. The van der Waals surface area contributed by atoms with Crippen LogP contribution in [-0.4, -0.2) is 7.11 Å². The topological polar surface area (TPSA) is 47.3 Å². The number of nitrogens with two attached hydrogens (primary N) is 1. The van der Waals surface area contributed by atoms with E-state index in [0.29, 0.717) is 5.92 Å². The van der Waals surface area contributed by atoms with Crippen molar-refractivity contribution in [3.8, 4) is 5.75 Å². The number of methoxy groups -OCH3 is 1. The normalized spacial score (nSPS) is 12.5. The molecule has 2 aromatic carbocycles. The van der Waals surface area contributed by atoms with E-state index in [0.717, 1.165) is 16.9 Å². The molecule has 0 aromatic heterocycles. The molecule has 21 heavy (non-hydrogen) atoms. The standard InChI is InChI=1S/C18H24N2O/c1-12(2)14-6-8-15(9-7-14)18(20-19)16-10-5-13(3)11-17(16)21-4/h5-12,18,20H,19H2,1-4H3. The number of rotatable bonds is 5. The second kappa shape index (κ2) is 6.74. The maximum Gasteiger partial charge on any atom is 0.124 e. The highest BCUT2D eigenvalue weighted by atomic mass is 16.5. The van der Waals surface area contributed by atoms with Crippen LogP contribution in [-0.2, 0) is 0 Å². The fourth-order valence-electron chi connectivity index (χ4n) is 2.50. The lowest BCUT2D eigenvalue weighted by atomic mass is 9.94. The average molecular weight is 284 g/mol. The monoisotopic (exact) mass is 284 g/mol. The van der Waals surface area contributed by atoms with E-state index in [-0.39, 0.29) is 6.04 Å². The van der Waals surface area contributed by atoms with Crippen LogP contribution in [0.15, 0.2) is 42.5 Å². The third-order valence-corrected chi connectivity index (χ3v) is 3.80. The molecule has 2 aromatic rings. The number of aryl methyl sites for hydroxylation is 1. The molecular formula is C18H24N2O. The molecule has 0 bridgehead atoms. The summed E-state index contributed by atoms with van der Waals surface area (Å²) >= 11 is 0. The highest BCUT2D eigenvalue weighted by Gasteiger charge is 2.17. The van der Waals surface area contributed by atoms with Crippen LogP contribution < -0.4 is 16.0 Å². The number of hydrogen-bond acceptors (Lipinski definition) is 3. The first-order valence-electron chi connectivity index (χ1n) is 7.27. The third-order valence-electron chi connectivity index (χ3n) is 3.80. The quantitative estimate of drug-likeness (QED) is 0.650. The summed E-state index contributed by atoms with van der Waals surface area (Å²) in [5, 5.41) is 0. The Balaban J connectivity index is 2.39. The number of benzene rings is 2. The van der Waals surface area contributed by atoms with E-state index in [1.807, 2.05) is 6.07 Å². The van der Waals surface area contributed by atoms with Crippen molar-refractivity contribution in [3.05, 3.63) is 64.7 Å². The Bertz CT molecular complexity index is 591. The molecule has 0 aliphatic heterocycles. The Morgan fingerprint density at radius 3 is 2.14 bits per heavy atom. The summed E-state index contributed by atoms with van der Waals surface area (Å²) < 4.78 is 5.50. The average Bonchev–Trinajstić information content (AvgIpc) is 2.49. The van der Waals surface area contributed by atoms with Crippen molar-refractivity contribution < 1.29 is 4.74 Å². The van der Waals surface area contributed by atoms with Crippen LogP contribution in [0.3, 0.4) is 0 Å². The van der Waals surface area contributed by atoms with Crippen molar-refractivity contribution >= 4 is 0 Å². The van der Waals surface area contributed by atoms with Gasteiger partial charge in [0.25, 0.3) is 0 Å². The highest BCUT2D eigenvalue weighted by Crippen LogP contribution is 2.31. The Labute approximate surface area is 127 Å². The van der Waals surface area contributed by atoms with Crippen molar-refractivity contribution in [1.29, 1.82) is 0 Å². The van der Waals surface area contributed by atoms with Crippen LogP contribution in [0.25, 0.3) is 0 Å². The Kier molecular flexibility index (Phi) is 4.99. The first-order chi connectivity index (χ1) is 10.1. The number of hydrogen-bond donors (Lipinski definition) is 2. The van der Waals surface area contributed by atoms with Crippen LogP contribution in [0.4, 0.5) is 0 Å². The summed E-state index contributed by atoms with van der Waals surface area (Å²) in [5.41, 5.74) is 7.56. The van der Waals surface area contributed by atoms with Gasteiger partial charge < -0.3 is 4.74 Å². The number of hydrazine groups is 1. The molecule has 0 saturated carbocycles. The van der Waals surface area contributed by atoms with Gasteiger partial charge in [0.2, 0.25) is 0 Å². The first-order valence-corrected chi connectivity index (χ1v) is 7.27. The minimum atomic E-state index is -0.0817. The van der Waals surface area contributed by atoms with Gasteiger partial charge in [-0.3, -0.25) is 5.84 Å². The zero-order chi connectivity index (χ0) is 15.4. The summed E-state index contributed by atoms with van der Waals surface area (Å²) in [6.07, 6.45) is 0. The molecule has 3 heteroatoms. The van der Waals surface area contributed by atoms with Crippen LogP contribution >= 0.6 is 0 Å². The van der Waals surface area contributed by atoms with E-state index in [9.17, 15) is 0 Å². The third kappa shape index (κ3) is 3.43. The fourth-order valence-corrected chi connectivity index (χ4v) is 2.50. The van der Waals surface area contributed by atoms with Gasteiger partial charge in [-0.05, 0) is 35.6 Å². The van der Waals surface area contributed by atoms with Crippen LogP contribution in [0.1, 0.15) is 48.1 Å². The molecule has 0 heterocycles.